The molecule has 1 atom stereocenters. The van der Waals surface area contributed by atoms with Gasteiger partial charge in [-0.25, -0.2) is 0 Å². The number of rotatable bonds is 4. The van der Waals surface area contributed by atoms with E-state index in [2.05, 4.69) is 62.1 Å². The Hall–Kier alpha value is -0.758. The first kappa shape index (κ1) is 17.1. The van der Waals surface area contributed by atoms with Crippen LogP contribution in [0.15, 0.2) is 36.4 Å². The molecule has 1 aromatic rings. The standard InChI is InChI=1S/C21H33BSi/c1-23(2,3)21-19-13-7-15-20(16-8-14-19)22(21)17-9-12-18-10-5-4-6-11-18/h4-6,9-12,19-21H,7-8,13-17H2,1-3H3/b12-9-/t19?,20?,21-/m0/s1. The van der Waals surface area contributed by atoms with Gasteiger partial charge in [-0.2, -0.15) is 0 Å². The van der Waals surface area contributed by atoms with Gasteiger partial charge in [0.15, 0.2) is 0 Å². The smallest absolute Gasteiger partial charge is 0.0911 e. The third kappa shape index (κ3) is 4.21. The topological polar surface area (TPSA) is 0 Å². The van der Waals surface area contributed by atoms with E-state index in [1.165, 1.54) is 50.4 Å². The molecule has 2 aliphatic heterocycles. The van der Waals surface area contributed by atoms with Gasteiger partial charge in [0.25, 0.3) is 0 Å². The van der Waals surface area contributed by atoms with E-state index in [4.69, 9.17) is 0 Å². The molecule has 124 valence electrons. The van der Waals surface area contributed by atoms with Crippen molar-refractivity contribution in [1.82, 2.24) is 0 Å². The number of fused-ring (bicyclic) bond motifs is 3. The molecule has 2 fully saturated rings. The van der Waals surface area contributed by atoms with Crippen LogP contribution >= 0.6 is 0 Å². The second kappa shape index (κ2) is 7.42. The minimum absolute atomic E-state index is 0.955. The van der Waals surface area contributed by atoms with Crippen molar-refractivity contribution in [2.45, 2.75) is 75.7 Å². The minimum atomic E-state index is -1.10. The van der Waals surface area contributed by atoms with Crippen LogP contribution in [0.5, 0.6) is 0 Å². The van der Waals surface area contributed by atoms with Crippen molar-refractivity contribution in [2.75, 3.05) is 0 Å². The van der Waals surface area contributed by atoms with Crippen LogP contribution in [0, 0.1) is 5.92 Å². The number of hydrogen-bond donors (Lipinski definition) is 0. The van der Waals surface area contributed by atoms with Gasteiger partial charge >= 0.3 is 0 Å². The fourth-order valence-corrected chi connectivity index (χ4v) is 9.06. The quantitative estimate of drug-likeness (QED) is 0.534. The van der Waals surface area contributed by atoms with Crippen molar-refractivity contribution in [1.29, 1.82) is 0 Å². The molecule has 0 aromatic heterocycles. The summed E-state index contributed by atoms with van der Waals surface area (Å²) in [6.07, 6.45) is 15.2. The summed E-state index contributed by atoms with van der Waals surface area (Å²) in [7, 11) is -1.10. The van der Waals surface area contributed by atoms with E-state index in [1.54, 1.807) is 0 Å². The molecule has 2 heteroatoms. The van der Waals surface area contributed by atoms with Gasteiger partial charge in [0, 0.05) is 8.07 Å². The van der Waals surface area contributed by atoms with Crippen molar-refractivity contribution in [2.24, 2.45) is 5.92 Å². The molecule has 2 bridgehead atoms. The molecule has 2 aliphatic rings. The summed E-state index contributed by atoms with van der Waals surface area (Å²) in [5.41, 5.74) is 2.39. The average Bonchev–Trinajstić information content (AvgIpc) is 2.76. The van der Waals surface area contributed by atoms with E-state index in [-0.39, 0.29) is 0 Å². The fourth-order valence-electron chi connectivity index (χ4n) is 5.62. The van der Waals surface area contributed by atoms with E-state index < -0.39 is 8.07 Å². The van der Waals surface area contributed by atoms with E-state index in [0.29, 0.717) is 0 Å². The van der Waals surface area contributed by atoms with Gasteiger partial charge in [0.2, 0.25) is 0 Å². The zero-order chi connectivity index (χ0) is 16.3. The molecule has 0 saturated carbocycles. The molecule has 0 nitrogen and oxygen atoms in total. The van der Waals surface area contributed by atoms with Gasteiger partial charge < -0.3 is 0 Å². The molecule has 23 heavy (non-hydrogen) atoms. The maximum Gasteiger partial charge on any atom is 0.147 e. The van der Waals surface area contributed by atoms with Gasteiger partial charge in [0.1, 0.15) is 6.71 Å². The van der Waals surface area contributed by atoms with Crippen molar-refractivity contribution in [3.63, 3.8) is 0 Å². The highest BCUT2D eigenvalue weighted by molar-refractivity contribution is 6.90. The first-order valence-electron chi connectivity index (χ1n) is 9.77. The lowest BCUT2D eigenvalue weighted by molar-refractivity contribution is 0.411. The Balaban J connectivity index is 1.79. The molecule has 0 amide bonds. The molecular formula is C21H33BSi. The second-order valence-corrected chi connectivity index (χ2v) is 14.4. The predicted molar refractivity (Wildman–Crippen MR) is 108 cm³/mol. The lowest BCUT2D eigenvalue weighted by Gasteiger charge is -2.39. The van der Waals surface area contributed by atoms with Crippen LogP contribution in [0.3, 0.4) is 0 Å². The summed E-state index contributed by atoms with van der Waals surface area (Å²) in [6, 6.07) is 10.8. The van der Waals surface area contributed by atoms with Crippen molar-refractivity contribution >= 4 is 20.9 Å². The zero-order valence-electron chi connectivity index (χ0n) is 15.3. The Morgan fingerprint density at radius 1 is 1.00 bits per heavy atom. The Bertz CT molecular complexity index is 506. The molecule has 0 unspecified atom stereocenters. The summed E-state index contributed by atoms with van der Waals surface area (Å²) < 4.78 is 0. The van der Waals surface area contributed by atoms with Gasteiger partial charge in [-0.3, -0.25) is 0 Å². The number of benzene rings is 1. The van der Waals surface area contributed by atoms with E-state index in [0.717, 1.165) is 23.9 Å². The lowest BCUT2D eigenvalue weighted by atomic mass is 9.35. The molecule has 3 rings (SSSR count). The summed E-state index contributed by atoms with van der Waals surface area (Å²) in [5.74, 6) is 2.03. The Morgan fingerprint density at radius 2 is 1.65 bits per heavy atom. The Labute approximate surface area is 144 Å². The number of allylic oxidation sites excluding steroid dienone is 1. The monoisotopic (exact) mass is 324 g/mol. The molecule has 2 saturated heterocycles. The molecule has 2 heterocycles. The maximum absolute atomic E-state index is 2.63. The summed E-state index contributed by atoms with van der Waals surface area (Å²) in [5, 5.41) is 0. The van der Waals surface area contributed by atoms with Crippen LogP contribution < -0.4 is 0 Å². The third-order valence-electron chi connectivity index (χ3n) is 6.39. The summed E-state index contributed by atoms with van der Waals surface area (Å²) in [6.45, 7) is 8.85. The highest BCUT2D eigenvalue weighted by Gasteiger charge is 2.46. The van der Waals surface area contributed by atoms with Gasteiger partial charge in [-0.1, -0.05) is 118 Å². The Kier molecular flexibility index (Phi) is 5.51. The highest BCUT2D eigenvalue weighted by atomic mass is 28.3. The van der Waals surface area contributed by atoms with Crippen LogP contribution in [0.2, 0.25) is 37.2 Å². The van der Waals surface area contributed by atoms with Gasteiger partial charge in [-0.15, -0.1) is 0 Å². The van der Waals surface area contributed by atoms with Crippen molar-refractivity contribution in [3.05, 3.63) is 42.0 Å². The molecule has 0 aliphatic carbocycles. The third-order valence-corrected chi connectivity index (χ3v) is 9.29. The van der Waals surface area contributed by atoms with Crippen molar-refractivity contribution in [3.8, 4) is 0 Å². The molecular weight excluding hydrogens is 291 g/mol. The van der Waals surface area contributed by atoms with E-state index in [1.807, 2.05) is 0 Å². The molecule has 0 N–H and O–H groups in total. The zero-order valence-corrected chi connectivity index (χ0v) is 16.3. The van der Waals surface area contributed by atoms with Gasteiger partial charge in [-0.05, 0) is 11.5 Å². The van der Waals surface area contributed by atoms with Crippen LogP contribution in [0.25, 0.3) is 6.08 Å². The van der Waals surface area contributed by atoms with E-state index in [9.17, 15) is 0 Å². The molecule has 0 radical (unpaired) electrons. The van der Waals surface area contributed by atoms with Crippen LogP contribution in [0.4, 0.5) is 0 Å². The summed E-state index contributed by atoms with van der Waals surface area (Å²) >= 11 is 0. The molecule has 0 spiro atoms. The van der Waals surface area contributed by atoms with Crippen molar-refractivity contribution < 1.29 is 0 Å². The number of hydrogen-bond acceptors (Lipinski definition) is 0. The van der Waals surface area contributed by atoms with Crippen LogP contribution in [-0.2, 0) is 0 Å². The van der Waals surface area contributed by atoms with Gasteiger partial charge in [0.05, 0.1) is 0 Å². The molecule has 1 aromatic carbocycles. The largest absolute Gasteiger partial charge is 0.147 e. The van der Waals surface area contributed by atoms with E-state index >= 15 is 0 Å². The average molecular weight is 324 g/mol. The summed E-state index contributed by atoms with van der Waals surface area (Å²) in [4.78, 5) is 0. The predicted octanol–water partition coefficient (Wildman–Crippen LogP) is 6.80. The van der Waals surface area contributed by atoms with Crippen LogP contribution in [0.1, 0.15) is 44.1 Å². The lowest BCUT2D eigenvalue weighted by Crippen LogP contribution is -2.43. The normalized spacial score (nSPS) is 28.8. The SMILES string of the molecule is C[Si](C)(C)[C@@H]1B(C/C=C\c2ccccc2)C2CCCC1CCC2. The fraction of sp³-hybridized carbons (Fsp3) is 0.619. The second-order valence-electron chi connectivity index (χ2n) is 8.99. The Morgan fingerprint density at radius 3 is 2.26 bits per heavy atom. The highest BCUT2D eigenvalue weighted by Crippen LogP contribution is 2.51. The minimum Gasteiger partial charge on any atom is -0.0911 e. The first-order valence-corrected chi connectivity index (χ1v) is 13.3. The van der Waals surface area contributed by atoms with Crippen LogP contribution in [-0.4, -0.2) is 14.8 Å². The maximum atomic E-state index is 2.63. The first-order chi connectivity index (χ1) is 11.1.